The van der Waals surface area contributed by atoms with E-state index >= 15 is 0 Å². The number of likely N-dealkylation sites (N-methyl/N-ethyl adjacent to an activating group) is 1. The molecule has 0 aliphatic carbocycles. The van der Waals surface area contributed by atoms with Crippen LogP contribution in [0.5, 0.6) is 5.75 Å². The van der Waals surface area contributed by atoms with Crippen LogP contribution in [-0.4, -0.2) is 85.1 Å². The number of amides is 2. The molecule has 2 aromatic carbocycles. The summed E-state index contributed by atoms with van der Waals surface area (Å²) in [5, 5.41) is 7.06. The maximum Gasteiger partial charge on any atom is 0.322 e. The molecule has 2 N–H and O–H groups in total. The summed E-state index contributed by atoms with van der Waals surface area (Å²) >= 11 is 0. The summed E-state index contributed by atoms with van der Waals surface area (Å²) in [6.07, 6.45) is 6.51. The van der Waals surface area contributed by atoms with E-state index in [-0.39, 0.29) is 12.6 Å². The number of hydrogen-bond donors (Lipinski definition) is 2. The molecule has 3 aromatic rings. The molecular formula is C30H40N6O4. The SMILES string of the molecule is C#Cc1cccc(Nc2ncnc3cc(OC)c(NC(=O)N(CCN(CC)CC)CC(OCC)OCC)cc23)c1. The zero-order valence-corrected chi connectivity index (χ0v) is 24.1. The molecular weight excluding hydrogens is 508 g/mol. The van der Waals surface area contributed by atoms with Gasteiger partial charge in [-0.05, 0) is 51.2 Å². The molecule has 0 bridgehead atoms. The van der Waals surface area contributed by atoms with Crippen LogP contribution in [0.2, 0.25) is 0 Å². The number of urea groups is 1. The molecule has 0 saturated carbocycles. The highest BCUT2D eigenvalue weighted by molar-refractivity contribution is 5.99. The number of benzene rings is 2. The van der Waals surface area contributed by atoms with Crippen LogP contribution in [0.15, 0.2) is 42.7 Å². The Morgan fingerprint density at radius 3 is 2.45 bits per heavy atom. The van der Waals surface area contributed by atoms with Gasteiger partial charge in [-0.3, -0.25) is 0 Å². The average Bonchev–Trinajstić information content (AvgIpc) is 2.97. The van der Waals surface area contributed by atoms with Crippen LogP contribution >= 0.6 is 0 Å². The second kappa shape index (κ2) is 15.6. The number of nitrogens with one attached hydrogen (secondary N) is 2. The Kier molecular flexibility index (Phi) is 12.0. The number of hydrogen-bond acceptors (Lipinski definition) is 8. The summed E-state index contributed by atoms with van der Waals surface area (Å²) in [5.41, 5.74) is 2.69. The fraction of sp³-hybridized carbons (Fsp3) is 0.433. The van der Waals surface area contributed by atoms with Gasteiger partial charge in [0.15, 0.2) is 6.29 Å². The van der Waals surface area contributed by atoms with Crippen LogP contribution in [0.3, 0.4) is 0 Å². The Balaban J connectivity index is 1.92. The molecule has 0 aliphatic heterocycles. The predicted octanol–water partition coefficient (Wildman–Crippen LogP) is 4.94. The van der Waals surface area contributed by atoms with Crippen molar-refractivity contribution in [1.82, 2.24) is 19.8 Å². The minimum atomic E-state index is -0.529. The lowest BCUT2D eigenvalue weighted by Gasteiger charge is -2.30. The molecule has 0 atom stereocenters. The molecule has 0 saturated heterocycles. The fourth-order valence-electron chi connectivity index (χ4n) is 4.25. The predicted molar refractivity (Wildman–Crippen MR) is 159 cm³/mol. The number of nitrogens with zero attached hydrogens (tertiary/aromatic N) is 4. The van der Waals surface area contributed by atoms with E-state index in [2.05, 4.69) is 45.3 Å². The van der Waals surface area contributed by atoms with E-state index in [4.69, 9.17) is 20.6 Å². The van der Waals surface area contributed by atoms with Crippen molar-refractivity contribution in [3.63, 3.8) is 0 Å². The van der Waals surface area contributed by atoms with Crippen molar-refractivity contribution in [3.8, 4) is 18.1 Å². The highest BCUT2D eigenvalue weighted by Gasteiger charge is 2.22. The highest BCUT2D eigenvalue weighted by atomic mass is 16.7. The first-order chi connectivity index (χ1) is 19.5. The molecule has 214 valence electrons. The third-order valence-corrected chi connectivity index (χ3v) is 6.43. The van der Waals surface area contributed by atoms with Crippen molar-refractivity contribution in [3.05, 3.63) is 48.3 Å². The molecule has 3 rings (SSSR count). The molecule has 0 radical (unpaired) electrons. The number of carbonyl (C=O) groups excluding carboxylic acids is 1. The zero-order valence-electron chi connectivity index (χ0n) is 24.1. The van der Waals surface area contributed by atoms with Crippen LogP contribution in [0, 0.1) is 12.3 Å². The van der Waals surface area contributed by atoms with E-state index in [9.17, 15) is 4.79 Å². The van der Waals surface area contributed by atoms with E-state index < -0.39 is 6.29 Å². The van der Waals surface area contributed by atoms with Crippen LogP contribution in [0.1, 0.15) is 33.3 Å². The van der Waals surface area contributed by atoms with Crippen molar-refractivity contribution in [1.29, 1.82) is 0 Å². The molecule has 2 amide bonds. The van der Waals surface area contributed by atoms with E-state index in [1.165, 1.54) is 6.33 Å². The van der Waals surface area contributed by atoms with Gasteiger partial charge in [-0.15, -0.1) is 6.42 Å². The van der Waals surface area contributed by atoms with Gasteiger partial charge in [-0.1, -0.05) is 25.8 Å². The summed E-state index contributed by atoms with van der Waals surface area (Å²) in [6, 6.07) is 10.8. The van der Waals surface area contributed by atoms with E-state index in [0.29, 0.717) is 47.9 Å². The van der Waals surface area contributed by atoms with Crippen LogP contribution < -0.4 is 15.4 Å². The largest absolute Gasteiger partial charge is 0.494 e. The lowest BCUT2D eigenvalue weighted by Crippen LogP contribution is -2.45. The van der Waals surface area contributed by atoms with Crippen molar-refractivity contribution < 1.29 is 19.0 Å². The quantitative estimate of drug-likeness (QED) is 0.204. The molecule has 10 nitrogen and oxygen atoms in total. The van der Waals surface area contributed by atoms with Crippen molar-refractivity contribution in [2.24, 2.45) is 0 Å². The zero-order chi connectivity index (χ0) is 28.9. The Bertz CT molecular complexity index is 1280. The smallest absolute Gasteiger partial charge is 0.322 e. The van der Waals surface area contributed by atoms with E-state index in [0.717, 1.165) is 30.9 Å². The number of carbonyl (C=O) groups is 1. The summed E-state index contributed by atoms with van der Waals surface area (Å²) in [4.78, 5) is 26.5. The number of rotatable bonds is 15. The summed E-state index contributed by atoms with van der Waals surface area (Å²) in [5.74, 6) is 3.69. The molecule has 0 aliphatic rings. The monoisotopic (exact) mass is 548 g/mol. The topological polar surface area (TPSA) is 101 Å². The van der Waals surface area contributed by atoms with Crippen LogP contribution in [0.4, 0.5) is 22.0 Å². The van der Waals surface area contributed by atoms with Gasteiger partial charge in [0.2, 0.25) is 0 Å². The Labute approximate surface area is 237 Å². The molecule has 0 unspecified atom stereocenters. The molecule has 10 heteroatoms. The first-order valence-corrected chi connectivity index (χ1v) is 13.6. The number of anilines is 3. The van der Waals surface area contributed by atoms with Gasteiger partial charge in [0.05, 0.1) is 24.9 Å². The first-order valence-electron chi connectivity index (χ1n) is 13.6. The van der Waals surface area contributed by atoms with Crippen molar-refractivity contribution in [2.75, 3.05) is 63.7 Å². The molecule has 0 fully saturated rings. The minimum absolute atomic E-state index is 0.284. The van der Waals surface area contributed by atoms with E-state index in [1.807, 2.05) is 44.2 Å². The van der Waals surface area contributed by atoms with Gasteiger partial charge in [0.25, 0.3) is 0 Å². The molecule has 1 heterocycles. The van der Waals surface area contributed by atoms with E-state index in [1.54, 1.807) is 18.1 Å². The second-order valence-electron chi connectivity index (χ2n) is 8.89. The Hall–Kier alpha value is -3.91. The lowest BCUT2D eigenvalue weighted by atomic mass is 10.1. The first kappa shape index (κ1) is 30.6. The minimum Gasteiger partial charge on any atom is -0.494 e. The molecule has 0 spiro atoms. The lowest BCUT2D eigenvalue weighted by molar-refractivity contribution is -0.142. The molecule has 40 heavy (non-hydrogen) atoms. The van der Waals surface area contributed by atoms with Crippen LogP contribution in [0.25, 0.3) is 10.9 Å². The van der Waals surface area contributed by atoms with Gasteiger partial charge in [0, 0.05) is 49.0 Å². The van der Waals surface area contributed by atoms with Crippen molar-refractivity contribution >= 4 is 34.1 Å². The maximum atomic E-state index is 13.7. The highest BCUT2D eigenvalue weighted by Crippen LogP contribution is 2.33. The van der Waals surface area contributed by atoms with Gasteiger partial charge in [0.1, 0.15) is 17.9 Å². The summed E-state index contributed by atoms with van der Waals surface area (Å²) < 4.78 is 17.1. The fourth-order valence-corrected chi connectivity index (χ4v) is 4.25. The normalized spacial score (nSPS) is 11.1. The molecule has 1 aromatic heterocycles. The van der Waals surface area contributed by atoms with Crippen LogP contribution in [-0.2, 0) is 9.47 Å². The third-order valence-electron chi connectivity index (χ3n) is 6.43. The van der Waals surface area contributed by atoms with Gasteiger partial charge >= 0.3 is 6.03 Å². The average molecular weight is 549 g/mol. The van der Waals surface area contributed by atoms with Gasteiger partial charge in [-0.2, -0.15) is 0 Å². The van der Waals surface area contributed by atoms with Gasteiger partial charge in [-0.25, -0.2) is 14.8 Å². The summed E-state index contributed by atoms with van der Waals surface area (Å²) in [7, 11) is 1.56. The number of aromatic nitrogens is 2. The maximum absolute atomic E-state index is 13.7. The number of ether oxygens (including phenoxy) is 3. The third kappa shape index (κ3) is 8.29. The van der Waals surface area contributed by atoms with Gasteiger partial charge < -0.3 is 34.6 Å². The number of terminal acetylenes is 1. The second-order valence-corrected chi connectivity index (χ2v) is 8.89. The Morgan fingerprint density at radius 1 is 1.05 bits per heavy atom. The Morgan fingerprint density at radius 2 is 1.80 bits per heavy atom. The number of fused-ring (bicyclic) bond motifs is 1. The van der Waals surface area contributed by atoms with Crippen molar-refractivity contribution in [2.45, 2.75) is 34.0 Å². The standard InChI is InChI=1S/C30H40N6O4/c1-7-22-13-12-14-23(17-22)33-29-24-18-26(27(38-6)19-25(24)31-21-32-29)34-30(37)36(16-15-35(8-2)9-3)20-28(39-10-4)40-11-5/h1,12-14,17-19,21,28H,8-11,15-16,20H2,2-6H3,(H,34,37)(H,31,32,33). The summed E-state index contributed by atoms with van der Waals surface area (Å²) in [6.45, 7) is 12.3. The number of methoxy groups -OCH3 is 1.